The first-order valence-corrected chi connectivity index (χ1v) is 7.58. The average molecular weight is 278 g/mol. The second-order valence-electron chi connectivity index (χ2n) is 5.46. The van der Waals surface area contributed by atoms with Gasteiger partial charge in [-0.2, -0.15) is 4.98 Å². The zero-order valence-corrected chi connectivity index (χ0v) is 12.9. The van der Waals surface area contributed by atoms with Crippen molar-refractivity contribution in [1.82, 2.24) is 15.3 Å². The summed E-state index contributed by atoms with van der Waals surface area (Å²) in [6.45, 7) is 8.51. The molecule has 1 saturated heterocycles. The Hall–Kier alpha value is -1.36. The Bertz CT molecular complexity index is 418. The summed E-state index contributed by atoms with van der Waals surface area (Å²) in [7, 11) is 1.66. The van der Waals surface area contributed by atoms with Crippen LogP contribution in [0.15, 0.2) is 6.07 Å². The molecule has 1 fully saturated rings. The molecule has 2 heterocycles. The zero-order chi connectivity index (χ0) is 14.4. The summed E-state index contributed by atoms with van der Waals surface area (Å²) >= 11 is 0. The molecule has 0 unspecified atom stereocenters. The van der Waals surface area contributed by atoms with Gasteiger partial charge in [-0.3, -0.25) is 0 Å². The van der Waals surface area contributed by atoms with Crippen LogP contribution in [0.25, 0.3) is 0 Å². The number of aromatic nitrogens is 2. The molecule has 0 bridgehead atoms. The molecule has 112 valence electrons. The van der Waals surface area contributed by atoms with E-state index in [1.165, 1.54) is 12.8 Å². The fourth-order valence-electron chi connectivity index (χ4n) is 2.74. The lowest BCUT2D eigenvalue weighted by molar-refractivity contribution is 0.371. The Morgan fingerprint density at radius 2 is 2.10 bits per heavy atom. The van der Waals surface area contributed by atoms with Gasteiger partial charge in [0.25, 0.3) is 0 Å². The standard InChI is InChI=1S/C15H26N4O/c1-4-9-19(11-13-5-7-16-8-6-13)14-10-15(20-3)18-12(2)17-14/h10,13,16H,4-9,11H2,1-3H3. The maximum absolute atomic E-state index is 5.27. The van der Waals surface area contributed by atoms with Crippen molar-refractivity contribution in [3.63, 3.8) is 0 Å². The molecule has 5 nitrogen and oxygen atoms in total. The summed E-state index contributed by atoms with van der Waals surface area (Å²) in [5.41, 5.74) is 0. The SMILES string of the molecule is CCCN(CC1CCNCC1)c1cc(OC)nc(C)n1. The van der Waals surface area contributed by atoms with Gasteiger partial charge in [0.2, 0.25) is 5.88 Å². The highest BCUT2D eigenvalue weighted by molar-refractivity contribution is 5.41. The van der Waals surface area contributed by atoms with Crippen LogP contribution in [0, 0.1) is 12.8 Å². The van der Waals surface area contributed by atoms with Gasteiger partial charge < -0.3 is 15.0 Å². The fraction of sp³-hybridized carbons (Fsp3) is 0.733. The lowest BCUT2D eigenvalue weighted by Gasteiger charge is -2.31. The van der Waals surface area contributed by atoms with E-state index in [0.29, 0.717) is 5.88 Å². The van der Waals surface area contributed by atoms with Crippen molar-refractivity contribution >= 4 is 5.82 Å². The molecule has 0 aliphatic carbocycles. The van der Waals surface area contributed by atoms with Gasteiger partial charge in [0, 0.05) is 19.2 Å². The number of nitrogens with one attached hydrogen (secondary N) is 1. The quantitative estimate of drug-likeness (QED) is 0.862. The summed E-state index contributed by atoms with van der Waals surface area (Å²) in [5, 5.41) is 3.42. The van der Waals surface area contributed by atoms with Crippen molar-refractivity contribution in [2.45, 2.75) is 33.1 Å². The van der Waals surface area contributed by atoms with E-state index in [1.807, 2.05) is 13.0 Å². The van der Waals surface area contributed by atoms with Crippen LogP contribution in [-0.4, -0.2) is 43.3 Å². The highest BCUT2D eigenvalue weighted by atomic mass is 16.5. The minimum atomic E-state index is 0.652. The fourth-order valence-corrected chi connectivity index (χ4v) is 2.74. The Balaban J connectivity index is 2.12. The van der Waals surface area contributed by atoms with Crippen LogP contribution in [-0.2, 0) is 0 Å². The highest BCUT2D eigenvalue weighted by Gasteiger charge is 2.18. The molecule has 1 aliphatic rings. The first-order chi connectivity index (χ1) is 9.72. The van der Waals surface area contributed by atoms with Crippen LogP contribution in [0.2, 0.25) is 0 Å². The van der Waals surface area contributed by atoms with E-state index >= 15 is 0 Å². The molecule has 1 aromatic rings. The van der Waals surface area contributed by atoms with Gasteiger partial charge in [0.05, 0.1) is 7.11 Å². The number of rotatable bonds is 6. The van der Waals surface area contributed by atoms with Gasteiger partial charge in [-0.15, -0.1) is 0 Å². The molecule has 0 aromatic carbocycles. The molecule has 2 rings (SSSR count). The molecule has 1 aromatic heterocycles. The maximum atomic E-state index is 5.27. The van der Waals surface area contributed by atoms with Gasteiger partial charge in [-0.05, 0) is 45.2 Å². The minimum absolute atomic E-state index is 0.652. The third-order valence-corrected chi connectivity index (χ3v) is 3.76. The zero-order valence-electron chi connectivity index (χ0n) is 12.9. The first-order valence-electron chi connectivity index (χ1n) is 7.58. The predicted octanol–water partition coefficient (Wildman–Crippen LogP) is 2.01. The molecule has 5 heteroatoms. The second kappa shape index (κ2) is 7.43. The summed E-state index contributed by atoms with van der Waals surface area (Å²) < 4.78 is 5.27. The van der Waals surface area contributed by atoms with E-state index in [-0.39, 0.29) is 0 Å². The smallest absolute Gasteiger partial charge is 0.218 e. The molecule has 0 amide bonds. The maximum Gasteiger partial charge on any atom is 0.218 e. The van der Waals surface area contributed by atoms with Crippen molar-refractivity contribution < 1.29 is 4.74 Å². The molecule has 0 saturated carbocycles. The minimum Gasteiger partial charge on any atom is -0.481 e. The monoisotopic (exact) mass is 278 g/mol. The van der Waals surface area contributed by atoms with E-state index in [4.69, 9.17) is 4.74 Å². The molecular formula is C15H26N4O. The number of hydrogen-bond donors (Lipinski definition) is 1. The van der Waals surface area contributed by atoms with E-state index < -0.39 is 0 Å². The van der Waals surface area contributed by atoms with Crippen molar-refractivity contribution in [1.29, 1.82) is 0 Å². The predicted molar refractivity (Wildman–Crippen MR) is 81.4 cm³/mol. The van der Waals surface area contributed by atoms with Crippen LogP contribution in [0.4, 0.5) is 5.82 Å². The highest BCUT2D eigenvalue weighted by Crippen LogP contribution is 2.21. The Kier molecular flexibility index (Phi) is 5.59. The van der Waals surface area contributed by atoms with Gasteiger partial charge in [-0.1, -0.05) is 6.92 Å². The summed E-state index contributed by atoms with van der Waals surface area (Å²) in [6.07, 6.45) is 3.62. The Morgan fingerprint density at radius 1 is 1.35 bits per heavy atom. The first kappa shape index (κ1) is 15.0. The number of anilines is 1. The molecule has 0 spiro atoms. The molecular weight excluding hydrogens is 252 g/mol. The third-order valence-electron chi connectivity index (χ3n) is 3.76. The number of methoxy groups -OCH3 is 1. The summed E-state index contributed by atoms with van der Waals surface area (Å²) in [5.74, 6) is 3.17. The van der Waals surface area contributed by atoms with Crippen molar-refractivity contribution in [2.75, 3.05) is 38.2 Å². The number of hydrogen-bond acceptors (Lipinski definition) is 5. The van der Waals surface area contributed by atoms with Crippen molar-refractivity contribution in [3.8, 4) is 5.88 Å². The summed E-state index contributed by atoms with van der Waals surface area (Å²) in [4.78, 5) is 11.2. The van der Waals surface area contributed by atoms with Crippen LogP contribution in [0.3, 0.4) is 0 Å². The van der Waals surface area contributed by atoms with Gasteiger partial charge in [0.1, 0.15) is 11.6 Å². The normalized spacial score (nSPS) is 16.1. The number of aryl methyl sites for hydroxylation is 1. The van der Waals surface area contributed by atoms with E-state index in [0.717, 1.165) is 50.2 Å². The van der Waals surface area contributed by atoms with E-state index in [2.05, 4.69) is 27.1 Å². The lowest BCUT2D eigenvalue weighted by atomic mass is 9.97. The topological polar surface area (TPSA) is 50.3 Å². The van der Waals surface area contributed by atoms with Crippen LogP contribution in [0.1, 0.15) is 32.0 Å². The van der Waals surface area contributed by atoms with Crippen LogP contribution in [0.5, 0.6) is 5.88 Å². The molecule has 1 N–H and O–H groups in total. The van der Waals surface area contributed by atoms with Crippen LogP contribution < -0.4 is 15.0 Å². The van der Waals surface area contributed by atoms with E-state index in [1.54, 1.807) is 7.11 Å². The van der Waals surface area contributed by atoms with Crippen molar-refractivity contribution in [3.05, 3.63) is 11.9 Å². The second-order valence-corrected chi connectivity index (χ2v) is 5.46. The largest absolute Gasteiger partial charge is 0.481 e. The lowest BCUT2D eigenvalue weighted by Crippen LogP contribution is -2.37. The summed E-state index contributed by atoms with van der Waals surface area (Å²) in [6, 6.07) is 1.95. The Labute approximate surface area is 121 Å². The van der Waals surface area contributed by atoms with Crippen LogP contribution >= 0.6 is 0 Å². The van der Waals surface area contributed by atoms with Gasteiger partial charge >= 0.3 is 0 Å². The molecule has 1 aliphatic heterocycles. The molecule has 0 atom stereocenters. The van der Waals surface area contributed by atoms with E-state index in [9.17, 15) is 0 Å². The van der Waals surface area contributed by atoms with Gasteiger partial charge in [-0.25, -0.2) is 4.98 Å². The third kappa shape index (κ3) is 4.07. The van der Waals surface area contributed by atoms with Crippen molar-refractivity contribution in [2.24, 2.45) is 5.92 Å². The number of piperidine rings is 1. The molecule has 0 radical (unpaired) electrons. The van der Waals surface area contributed by atoms with Gasteiger partial charge in [0.15, 0.2) is 0 Å². The average Bonchev–Trinajstić information content (AvgIpc) is 2.47. The molecule has 20 heavy (non-hydrogen) atoms. The Morgan fingerprint density at radius 3 is 2.75 bits per heavy atom. The number of ether oxygens (including phenoxy) is 1. The number of nitrogens with zero attached hydrogens (tertiary/aromatic N) is 3.